The van der Waals surface area contributed by atoms with Gasteiger partial charge in [-0.25, -0.2) is 8.42 Å². The minimum absolute atomic E-state index is 0.0563. The zero-order chi connectivity index (χ0) is 25.2. The third-order valence-corrected chi connectivity index (χ3v) is 7.88. The van der Waals surface area contributed by atoms with Crippen LogP contribution in [0.5, 0.6) is 5.75 Å². The summed E-state index contributed by atoms with van der Waals surface area (Å²) in [6.07, 6.45) is 0.721. The van der Waals surface area contributed by atoms with Crippen LogP contribution in [-0.2, 0) is 22.8 Å². The first-order valence-corrected chi connectivity index (χ1v) is 13.3. The van der Waals surface area contributed by atoms with Gasteiger partial charge in [-0.3, -0.25) is 4.79 Å². The molecule has 0 aliphatic carbocycles. The maximum Gasteiger partial charge on any atom is 0.251 e. The summed E-state index contributed by atoms with van der Waals surface area (Å²) < 4.78 is 26.2. The summed E-state index contributed by atoms with van der Waals surface area (Å²) in [5.41, 5.74) is 4.71. The molecule has 4 aromatic rings. The number of nitrogens with zero attached hydrogens (tertiary/aromatic N) is 1. The molecule has 0 bridgehead atoms. The average molecular weight is 491 g/mol. The van der Waals surface area contributed by atoms with Crippen LogP contribution in [0.1, 0.15) is 54.0 Å². The standard InChI is InChI=1S/C28H30N2O4S/c1-4-35(33,34)26-12-7-21(8-13-26)18-29-28(32)22-9-14-27-23(16-22)17-24(30(27)19(2)3)15-20-5-10-25(31)11-6-20/h5-14,16-17,19,31H,4,15,18H2,1-3H3,(H,29,32). The van der Waals surface area contributed by atoms with Crippen molar-refractivity contribution in [2.75, 3.05) is 5.75 Å². The fraction of sp³-hybridized carbons (Fsp3) is 0.250. The Kier molecular flexibility index (Phi) is 6.98. The lowest BCUT2D eigenvalue weighted by Gasteiger charge is -2.15. The molecule has 3 aromatic carbocycles. The van der Waals surface area contributed by atoms with Gasteiger partial charge < -0.3 is 15.0 Å². The van der Waals surface area contributed by atoms with E-state index < -0.39 is 9.84 Å². The number of phenols is 1. The van der Waals surface area contributed by atoms with E-state index in [9.17, 15) is 18.3 Å². The third kappa shape index (κ3) is 5.41. The molecule has 2 N–H and O–H groups in total. The Balaban J connectivity index is 1.52. The number of rotatable bonds is 8. The normalized spacial score (nSPS) is 11.8. The molecule has 0 spiro atoms. The van der Waals surface area contributed by atoms with E-state index in [0.29, 0.717) is 17.0 Å². The van der Waals surface area contributed by atoms with Gasteiger partial charge in [0, 0.05) is 41.2 Å². The average Bonchev–Trinajstić information content (AvgIpc) is 3.21. The van der Waals surface area contributed by atoms with E-state index in [1.165, 1.54) is 0 Å². The largest absolute Gasteiger partial charge is 0.508 e. The molecule has 0 saturated heterocycles. The lowest BCUT2D eigenvalue weighted by molar-refractivity contribution is 0.0951. The van der Waals surface area contributed by atoms with Gasteiger partial charge in [-0.2, -0.15) is 0 Å². The summed E-state index contributed by atoms with van der Waals surface area (Å²) in [5, 5.41) is 13.5. The van der Waals surface area contributed by atoms with Gasteiger partial charge in [0.15, 0.2) is 9.84 Å². The topological polar surface area (TPSA) is 88.4 Å². The van der Waals surface area contributed by atoms with Gasteiger partial charge >= 0.3 is 0 Å². The summed E-state index contributed by atoms with van der Waals surface area (Å²) >= 11 is 0. The second kappa shape index (κ2) is 9.96. The van der Waals surface area contributed by atoms with Crippen LogP contribution in [0.3, 0.4) is 0 Å². The van der Waals surface area contributed by atoms with Crippen molar-refractivity contribution >= 4 is 26.6 Å². The zero-order valence-electron chi connectivity index (χ0n) is 20.2. The molecule has 4 rings (SSSR count). The van der Waals surface area contributed by atoms with E-state index >= 15 is 0 Å². The fourth-order valence-corrected chi connectivity index (χ4v) is 5.15. The Hall–Kier alpha value is -3.58. The number of carbonyl (C=O) groups is 1. The Morgan fingerprint density at radius 3 is 2.23 bits per heavy atom. The Bertz CT molecular complexity index is 1450. The highest BCUT2D eigenvalue weighted by molar-refractivity contribution is 7.91. The van der Waals surface area contributed by atoms with Gasteiger partial charge in [-0.1, -0.05) is 31.2 Å². The van der Waals surface area contributed by atoms with E-state index in [0.717, 1.165) is 34.1 Å². The molecule has 0 radical (unpaired) electrons. The van der Waals surface area contributed by atoms with Gasteiger partial charge in [0.1, 0.15) is 5.75 Å². The van der Waals surface area contributed by atoms with E-state index in [2.05, 4.69) is 29.8 Å². The number of nitrogens with one attached hydrogen (secondary N) is 1. The number of carbonyl (C=O) groups excluding carboxylic acids is 1. The highest BCUT2D eigenvalue weighted by atomic mass is 32.2. The second-order valence-electron chi connectivity index (χ2n) is 8.95. The van der Waals surface area contributed by atoms with Crippen LogP contribution < -0.4 is 5.32 Å². The molecule has 0 fully saturated rings. The Labute approximate surface area is 206 Å². The van der Waals surface area contributed by atoms with Gasteiger partial charge in [-0.05, 0) is 73.5 Å². The molecule has 1 aromatic heterocycles. The van der Waals surface area contributed by atoms with E-state index in [1.54, 1.807) is 43.3 Å². The van der Waals surface area contributed by atoms with Crippen LogP contribution in [0.25, 0.3) is 10.9 Å². The minimum Gasteiger partial charge on any atom is -0.508 e. The van der Waals surface area contributed by atoms with Crippen LogP contribution in [-0.4, -0.2) is 29.8 Å². The molecule has 182 valence electrons. The lowest BCUT2D eigenvalue weighted by atomic mass is 10.1. The molecule has 1 heterocycles. The number of phenolic OH excluding ortho intramolecular Hbond substituents is 1. The van der Waals surface area contributed by atoms with Crippen LogP contribution in [0.4, 0.5) is 0 Å². The van der Waals surface area contributed by atoms with Gasteiger partial charge in [0.25, 0.3) is 5.91 Å². The molecular formula is C28H30N2O4S. The Morgan fingerprint density at radius 1 is 0.943 bits per heavy atom. The number of aromatic nitrogens is 1. The fourth-order valence-electron chi connectivity index (χ4n) is 4.27. The van der Waals surface area contributed by atoms with Gasteiger partial charge in [0.05, 0.1) is 10.6 Å². The first-order chi connectivity index (χ1) is 16.7. The summed E-state index contributed by atoms with van der Waals surface area (Å²) in [4.78, 5) is 13.1. The molecular weight excluding hydrogens is 460 g/mol. The quantitative estimate of drug-likeness (QED) is 0.353. The predicted octanol–water partition coefficient (Wildman–Crippen LogP) is 5.24. The summed E-state index contributed by atoms with van der Waals surface area (Å²) in [7, 11) is -3.24. The lowest BCUT2D eigenvalue weighted by Crippen LogP contribution is -2.22. The van der Waals surface area contributed by atoms with Crippen molar-refractivity contribution in [2.45, 2.75) is 44.7 Å². The van der Waals surface area contributed by atoms with E-state index in [-0.39, 0.29) is 23.5 Å². The first kappa shape index (κ1) is 24.5. The van der Waals surface area contributed by atoms with Gasteiger partial charge in [-0.15, -0.1) is 0 Å². The van der Waals surface area contributed by atoms with Crippen LogP contribution >= 0.6 is 0 Å². The van der Waals surface area contributed by atoms with Crippen molar-refractivity contribution in [3.63, 3.8) is 0 Å². The van der Waals surface area contributed by atoms with Crippen molar-refractivity contribution in [2.24, 2.45) is 0 Å². The van der Waals surface area contributed by atoms with Crippen molar-refractivity contribution in [3.05, 3.63) is 95.2 Å². The molecule has 0 aliphatic rings. The maximum atomic E-state index is 12.8. The molecule has 35 heavy (non-hydrogen) atoms. The maximum absolute atomic E-state index is 12.8. The molecule has 0 atom stereocenters. The minimum atomic E-state index is -3.24. The molecule has 7 heteroatoms. The van der Waals surface area contributed by atoms with E-state index in [4.69, 9.17) is 0 Å². The highest BCUT2D eigenvalue weighted by Crippen LogP contribution is 2.27. The number of sulfone groups is 1. The molecule has 0 saturated carbocycles. The number of fused-ring (bicyclic) bond motifs is 1. The van der Waals surface area contributed by atoms with Crippen molar-refractivity contribution in [1.82, 2.24) is 9.88 Å². The summed E-state index contributed by atoms with van der Waals surface area (Å²) in [6, 6.07) is 21.9. The molecule has 1 amide bonds. The summed E-state index contributed by atoms with van der Waals surface area (Å²) in [6.45, 7) is 6.20. The number of amides is 1. The molecule has 6 nitrogen and oxygen atoms in total. The number of hydrogen-bond acceptors (Lipinski definition) is 4. The monoisotopic (exact) mass is 490 g/mol. The summed E-state index contributed by atoms with van der Waals surface area (Å²) in [5.74, 6) is 0.117. The van der Waals surface area contributed by atoms with Crippen LogP contribution in [0.2, 0.25) is 0 Å². The van der Waals surface area contributed by atoms with Crippen LogP contribution in [0.15, 0.2) is 77.7 Å². The zero-order valence-corrected chi connectivity index (χ0v) is 21.0. The SMILES string of the molecule is CCS(=O)(=O)c1ccc(CNC(=O)c2ccc3c(c2)cc(Cc2ccc(O)cc2)n3C(C)C)cc1. The van der Waals surface area contributed by atoms with Crippen molar-refractivity contribution in [3.8, 4) is 5.75 Å². The molecule has 0 aliphatic heterocycles. The first-order valence-electron chi connectivity index (χ1n) is 11.7. The smallest absolute Gasteiger partial charge is 0.251 e. The third-order valence-electron chi connectivity index (χ3n) is 6.13. The predicted molar refractivity (Wildman–Crippen MR) is 139 cm³/mol. The van der Waals surface area contributed by atoms with E-state index in [1.807, 2.05) is 30.3 Å². The highest BCUT2D eigenvalue weighted by Gasteiger charge is 2.15. The van der Waals surface area contributed by atoms with Crippen LogP contribution in [0, 0.1) is 0 Å². The Morgan fingerprint density at radius 2 is 1.60 bits per heavy atom. The number of aromatic hydroxyl groups is 1. The van der Waals surface area contributed by atoms with Crippen molar-refractivity contribution < 1.29 is 18.3 Å². The molecule has 0 unspecified atom stereocenters. The number of benzene rings is 3. The van der Waals surface area contributed by atoms with Crippen molar-refractivity contribution in [1.29, 1.82) is 0 Å². The van der Waals surface area contributed by atoms with Gasteiger partial charge in [0.2, 0.25) is 0 Å². The second-order valence-corrected chi connectivity index (χ2v) is 11.2. The number of hydrogen-bond donors (Lipinski definition) is 2.